The Morgan fingerprint density at radius 1 is 0.897 bits per heavy atom. The molecule has 1 aliphatic heterocycles. The van der Waals surface area contributed by atoms with Gasteiger partial charge in [-0.3, -0.25) is 14.6 Å². The minimum Gasteiger partial charge on any atom is -0.456 e. The molecule has 0 fully saturated rings. The maximum absolute atomic E-state index is 11.8. The number of fused-ring (bicyclic) bond motifs is 2. The van der Waals surface area contributed by atoms with Gasteiger partial charge in [-0.2, -0.15) is 0 Å². The van der Waals surface area contributed by atoms with Gasteiger partial charge in [-0.25, -0.2) is 0 Å². The van der Waals surface area contributed by atoms with Gasteiger partial charge in [0.15, 0.2) is 6.29 Å². The molecular formula is C24H20N2O3. The highest BCUT2D eigenvalue weighted by molar-refractivity contribution is 6.06. The van der Waals surface area contributed by atoms with E-state index in [9.17, 15) is 9.59 Å². The Labute approximate surface area is 168 Å². The standard InChI is InChI=1S/C24H20N2O3/c1-25-17-6-8-19-22(11-17)29-23-12-18(26(2)3)7-9-20(23)24(19)21-10-15(13-27)4-5-16(21)14-28/h4-14H,1-3H3/b25-17+. The summed E-state index contributed by atoms with van der Waals surface area (Å²) in [5.74, 6) is 0.667. The molecule has 2 aromatic carbocycles. The molecule has 0 atom stereocenters. The van der Waals surface area contributed by atoms with E-state index >= 15 is 0 Å². The number of carbonyl (C=O) groups excluding carboxylic acids is 2. The fourth-order valence-electron chi connectivity index (χ4n) is 3.54. The van der Waals surface area contributed by atoms with E-state index in [0.717, 1.165) is 40.1 Å². The molecule has 5 nitrogen and oxygen atoms in total. The molecule has 0 unspecified atom stereocenters. The van der Waals surface area contributed by atoms with Crippen molar-refractivity contribution < 1.29 is 14.0 Å². The van der Waals surface area contributed by atoms with Crippen molar-refractivity contribution in [1.82, 2.24) is 0 Å². The molecular weight excluding hydrogens is 364 g/mol. The van der Waals surface area contributed by atoms with Crippen molar-refractivity contribution in [3.8, 4) is 22.5 Å². The Balaban J connectivity index is 2.19. The van der Waals surface area contributed by atoms with E-state index in [2.05, 4.69) is 4.99 Å². The average Bonchev–Trinajstić information content (AvgIpc) is 2.76. The summed E-state index contributed by atoms with van der Waals surface area (Å²) < 4.78 is 6.23. The molecule has 0 amide bonds. The van der Waals surface area contributed by atoms with Crippen LogP contribution in [0.15, 0.2) is 64.0 Å². The summed E-state index contributed by atoms with van der Waals surface area (Å²) in [4.78, 5) is 29.4. The Hall–Kier alpha value is -3.73. The van der Waals surface area contributed by atoms with Crippen LogP contribution in [0, 0.1) is 0 Å². The molecule has 29 heavy (non-hydrogen) atoms. The second-order valence-electron chi connectivity index (χ2n) is 7.04. The Bertz CT molecular complexity index is 1290. The second-order valence-corrected chi connectivity index (χ2v) is 7.04. The predicted molar refractivity (Wildman–Crippen MR) is 115 cm³/mol. The summed E-state index contributed by atoms with van der Waals surface area (Å²) in [6.07, 6.45) is 1.60. The van der Waals surface area contributed by atoms with Crippen molar-refractivity contribution in [3.05, 3.63) is 71.1 Å². The molecule has 2 aromatic rings. The van der Waals surface area contributed by atoms with Gasteiger partial charge in [0.1, 0.15) is 17.6 Å². The summed E-state index contributed by atoms with van der Waals surface area (Å²) in [5.41, 5.74) is 5.14. The maximum atomic E-state index is 11.8. The van der Waals surface area contributed by atoms with E-state index in [1.807, 2.05) is 55.4 Å². The minimum absolute atomic E-state index is 0.512. The first-order valence-corrected chi connectivity index (χ1v) is 9.21. The predicted octanol–water partition coefficient (Wildman–Crippen LogP) is 4.43. The topological polar surface area (TPSA) is 62.9 Å². The van der Waals surface area contributed by atoms with E-state index in [1.54, 1.807) is 25.2 Å². The zero-order valence-corrected chi connectivity index (χ0v) is 16.5. The van der Waals surface area contributed by atoms with E-state index in [4.69, 9.17) is 4.42 Å². The maximum Gasteiger partial charge on any atom is 0.150 e. The SMILES string of the molecule is C/N=c1\ccc2c(-c3cc(C=O)ccc3C=O)c3ccc(N(C)C)cc3oc-2c1. The molecule has 1 heterocycles. The molecule has 4 rings (SSSR count). The lowest BCUT2D eigenvalue weighted by molar-refractivity contribution is 0.111. The highest BCUT2D eigenvalue weighted by Crippen LogP contribution is 2.41. The Kier molecular flexibility index (Phi) is 4.72. The first-order chi connectivity index (χ1) is 14.0. The lowest BCUT2D eigenvalue weighted by atomic mass is 9.90. The van der Waals surface area contributed by atoms with Crippen LogP contribution >= 0.6 is 0 Å². The van der Waals surface area contributed by atoms with E-state index in [-0.39, 0.29) is 0 Å². The molecule has 2 aliphatic rings. The smallest absolute Gasteiger partial charge is 0.150 e. The van der Waals surface area contributed by atoms with Crippen LogP contribution in [0.25, 0.3) is 33.4 Å². The number of carbonyl (C=O) groups is 2. The summed E-state index contributed by atoms with van der Waals surface area (Å²) in [6.45, 7) is 0. The van der Waals surface area contributed by atoms with Crippen molar-refractivity contribution in [2.24, 2.45) is 4.99 Å². The van der Waals surface area contributed by atoms with Gasteiger partial charge in [-0.05, 0) is 35.9 Å². The number of nitrogens with zero attached hydrogens (tertiary/aromatic N) is 2. The van der Waals surface area contributed by atoms with Crippen LogP contribution in [0.4, 0.5) is 5.69 Å². The van der Waals surface area contributed by atoms with Crippen molar-refractivity contribution in [3.63, 3.8) is 0 Å². The van der Waals surface area contributed by atoms with Gasteiger partial charge < -0.3 is 9.32 Å². The third-order valence-corrected chi connectivity index (χ3v) is 5.07. The van der Waals surface area contributed by atoms with Crippen LogP contribution in [0.3, 0.4) is 0 Å². The number of benzene rings is 3. The number of hydrogen-bond acceptors (Lipinski definition) is 5. The molecule has 1 aliphatic carbocycles. The van der Waals surface area contributed by atoms with Crippen LogP contribution in [0.5, 0.6) is 0 Å². The van der Waals surface area contributed by atoms with Gasteiger partial charge >= 0.3 is 0 Å². The average molecular weight is 384 g/mol. The molecule has 144 valence electrons. The lowest BCUT2D eigenvalue weighted by Crippen LogP contribution is -2.08. The van der Waals surface area contributed by atoms with Crippen LogP contribution < -0.4 is 10.3 Å². The van der Waals surface area contributed by atoms with Crippen LogP contribution in [-0.4, -0.2) is 33.7 Å². The Morgan fingerprint density at radius 2 is 1.72 bits per heavy atom. The Morgan fingerprint density at radius 3 is 2.41 bits per heavy atom. The largest absolute Gasteiger partial charge is 0.456 e. The monoisotopic (exact) mass is 384 g/mol. The number of aldehydes is 2. The van der Waals surface area contributed by atoms with Gasteiger partial charge in [0.05, 0.1) is 5.36 Å². The summed E-state index contributed by atoms with van der Waals surface area (Å²) in [5, 5.41) is 1.67. The highest BCUT2D eigenvalue weighted by atomic mass is 16.3. The van der Waals surface area contributed by atoms with Crippen molar-refractivity contribution in [2.45, 2.75) is 0 Å². The van der Waals surface area contributed by atoms with Gasteiger partial charge in [0.25, 0.3) is 0 Å². The molecule has 0 saturated carbocycles. The molecule has 0 saturated heterocycles. The summed E-state index contributed by atoms with van der Waals surface area (Å²) in [6, 6.07) is 16.8. The normalized spacial score (nSPS) is 11.8. The van der Waals surface area contributed by atoms with E-state index < -0.39 is 0 Å². The fourth-order valence-corrected chi connectivity index (χ4v) is 3.54. The number of hydrogen-bond donors (Lipinski definition) is 0. The van der Waals surface area contributed by atoms with Crippen LogP contribution in [-0.2, 0) is 0 Å². The lowest BCUT2D eigenvalue weighted by Gasteiger charge is -2.19. The molecule has 0 N–H and O–H groups in total. The molecule has 0 aromatic heterocycles. The van der Waals surface area contributed by atoms with Crippen molar-refractivity contribution in [2.75, 3.05) is 26.0 Å². The fraction of sp³-hybridized carbons (Fsp3) is 0.125. The van der Waals surface area contributed by atoms with E-state index in [0.29, 0.717) is 28.0 Å². The van der Waals surface area contributed by atoms with Crippen LogP contribution in [0.2, 0.25) is 0 Å². The molecule has 5 heteroatoms. The first-order valence-electron chi connectivity index (χ1n) is 9.21. The van der Waals surface area contributed by atoms with Crippen LogP contribution in [0.1, 0.15) is 20.7 Å². The van der Waals surface area contributed by atoms with Gasteiger partial charge in [0, 0.05) is 66.6 Å². The second kappa shape index (κ2) is 7.36. The zero-order chi connectivity index (χ0) is 20.5. The quantitative estimate of drug-likeness (QED) is 0.386. The van der Waals surface area contributed by atoms with Gasteiger partial charge in [0.2, 0.25) is 0 Å². The van der Waals surface area contributed by atoms with Gasteiger partial charge in [-0.1, -0.05) is 12.1 Å². The summed E-state index contributed by atoms with van der Waals surface area (Å²) in [7, 11) is 5.66. The molecule has 0 bridgehead atoms. The third kappa shape index (κ3) is 3.21. The molecule has 0 spiro atoms. The minimum atomic E-state index is 0.512. The number of rotatable bonds is 4. The third-order valence-electron chi connectivity index (χ3n) is 5.07. The highest BCUT2D eigenvalue weighted by Gasteiger charge is 2.20. The summed E-state index contributed by atoms with van der Waals surface area (Å²) >= 11 is 0. The van der Waals surface area contributed by atoms with Crippen molar-refractivity contribution in [1.29, 1.82) is 0 Å². The van der Waals surface area contributed by atoms with Gasteiger partial charge in [-0.15, -0.1) is 0 Å². The molecule has 0 radical (unpaired) electrons. The zero-order valence-electron chi connectivity index (χ0n) is 16.5. The number of anilines is 1. The first kappa shape index (κ1) is 18.6. The van der Waals surface area contributed by atoms with Crippen molar-refractivity contribution >= 4 is 29.2 Å². The van der Waals surface area contributed by atoms with E-state index in [1.165, 1.54) is 0 Å².